The number of halogens is 1. The summed E-state index contributed by atoms with van der Waals surface area (Å²) in [6, 6.07) is 21.9. The summed E-state index contributed by atoms with van der Waals surface area (Å²) in [6.45, 7) is 4.42. The molecule has 1 aliphatic rings. The minimum absolute atomic E-state index is 0.194. The van der Waals surface area contributed by atoms with Crippen molar-refractivity contribution < 1.29 is 13.9 Å². The molecule has 0 saturated carbocycles. The summed E-state index contributed by atoms with van der Waals surface area (Å²) in [5.74, 6) is 1.63. The zero-order valence-electron chi connectivity index (χ0n) is 18.7. The Morgan fingerprint density at radius 1 is 0.750 bits per heavy atom. The van der Waals surface area contributed by atoms with Crippen molar-refractivity contribution in [2.45, 2.75) is 52.0 Å². The molecule has 2 nitrogen and oxygen atoms in total. The van der Waals surface area contributed by atoms with Gasteiger partial charge in [-0.1, -0.05) is 93.8 Å². The molecule has 0 saturated heterocycles. The highest BCUT2D eigenvalue weighted by atomic mass is 19.2. The van der Waals surface area contributed by atoms with Gasteiger partial charge in [0.05, 0.1) is 6.42 Å². The monoisotopic (exact) mass is 428 g/mol. The summed E-state index contributed by atoms with van der Waals surface area (Å²) < 4.78 is 28.3. The lowest BCUT2D eigenvalue weighted by Crippen LogP contribution is -2.37. The minimum atomic E-state index is -2.20. The highest BCUT2D eigenvalue weighted by molar-refractivity contribution is 6.09. The van der Waals surface area contributed by atoms with Gasteiger partial charge in [-0.05, 0) is 46.0 Å². The molecule has 1 atom stereocenters. The molecule has 0 spiro atoms. The highest BCUT2D eigenvalue weighted by Gasteiger charge is 2.39. The normalized spacial score (nSPS) is 15.3. The van der Waals surface area contributed by atoms with Gasteiger partial charge in [-0.15, -0.1) is 0 Å². The fraction of sp³-hybridized carbons (Fsp3) is 0.310. The van der Waals surface area contributed by atoms with Crippen LogP contribution in [-0.2, 0) is 0 Å². The van der Waals surface area contributed by atoms with Crippen LogP contribution in [0.1, 0.15) is 46.0 Å². The van der Waals surface area contributed by atoms with Gasteiger partial charge < -0.3 is 9.47 Å². The number of rotatable bonds is 6. The van der Waals surface area contributed by atoms with Crippen LogP contribution in [0.5, 0.6) is 11.5 Å². The molecule has 164 valence electrons. The topological polar surface area (TPSA) is 18.5 Å². The largest absolute Gasteiger partial charge is 0.426 e. The molecular formula is C29H29FO2. The van der Waals surface area contributed by atoms with Gasteiger partial charge in [0.25, 0.3) is 0 Å². The Labute approximate surface area is 189 Å². The summed E-state index contributed by atoms with van der Waals surface area (Å²) in [4.78, 5) is 0. The summed E-state index contributed by atoms with van der Waals surface area (Å²) in [5, 5.41) is 4.25. The van der Waals surface area contributed by atoms with Crippen molar-refractivity contribution in [3.63, 3.8) is 0 Å². The van der Waals surface area contributed by atoms with Crippen LogP contribution in [0.25, 0.3) is 32.7 Å². The third kappa shape index (κ3) is 3.81. The molecule has 1 aliphatic heterocycles. The van der Waals surface area contributed by atoms with E-state index in [0.717, 1.165) is 51.9 Å². The van der Waals surface area contributed by atoms with Crippen molar-refractivity contribution in [1.29, 1.82) is 0 Å². The van der Waals surface area contributed by atoms with Crippen LogP contribution < -0.4 is 9.47 Å². The Balaban J connectivity index is 1.65. The first-order valence-corrected chi connectivity index (χ1v) is 11.7. The quantitative estimate of drug-likeness (QED) is 0.306. The molecule has 0 N–H and O–H groups in total. The van der Waals surface area contributed by atoms with E-state index in [1.54, 1.807) is 0 Å². The van der Waals surface area contributed by atoms with E-state index in [4.69, 9.17) is 9.47 Å². The molecule has 0 aliphatic carbocycles. The first-order valence-electron chi connectivity index (χ1n) is 11.7. The summed E-state index contributed by atoms with van der Waals surface area (Å²) in [7, 11) is 0. The van der Waals surface area contributed by atoms with Crippen molar-refractivity contribution >= 4 is 21.5 Å². The molecule has 0 amide bonds. The fourth-order valence-corrected chi connectivity index (χ4v) is 4.94. The van der Waals surface area contributed by atoms with Crippen LogP contribution in [0.3, 0.4) is 0 Å². The van der Waals surface area contributed by atoms with Crippen LogP contribution in [0.15, 0.2) is 72.8 Å². The van der Waals surface area contributed by atoms with Crippen LogP contribution in [0, 0.1) is 5.92 Å². The SMILES string of the molecule is CCCC(C)CCCC1(F)Oc2ccc3ccccc3c2-c2c(ccc3ccccc23)O1. The maximum Gasteiger partial charge on any atom is 0.407 e. The van der Waals surface area contributed by atoms with Gasteiger partial charge in [0.15, 0.2) is 0 Å². The zero-order valence-corrected chi connectivity index (χ0v) is 18.7. The first-order chi connectivity index (χ1) is 15.6. The average molecular weight is 429 g/mol. The lowest BCUT2D eigenvalue weighted by molar-refractivity contribution is -0.219. The van der Waals surface area contributed by atoms with Gasteiger partial charge >= 0.3 is 6.04 Å². The average Bonchev–Trinajstić information content (AvgIpc) is 2.93. The van der Waals surface area contributed by atoms with Crippen molar-refractivity contribution in [2.75, 3.05) is 0 Å². The third-order valence-electron chi connectivity index (χ3n) is 6.51. The summed E-state index contributed by atoms with van der Waals surface area (Å²) in [5.41, 5.74) is 1.79. The molecule has 32 heavy (non-hydrogen) atoms. The van der Waals surface area contributed by atoms with Gasteiger partial charge in [0, 0.05) is 11.1 Å². The van der Waals surface area contributed by atoms with E-state index in [9.17, 15) is 0 Å². The standard InChI is InChI=1S/C29H29FO2/c1-3-9-20(2)10-8-19-29(30)31-25-17-15-21-11-4-6-13-23(21)27(25)28-24-14-7-5-12-22(24)16-18-26(28)32-29/h4-7,11-18,20H,3,8-10,19H2,1-2H3. The number of ether oxygens (including phenoxy) is 2. The zero-order chi connectivity index (χ0) is 22.1. The second kappa shape index (κ2) is 8.46. The van der Waals surface area contributed by atoms with E-state index >= 15 is 4.39 Å². The Hall–Kier alpha value is -3.07. The molecule has 3 heteroatoms. The number of benzene rings is 4. The maximum absolute atomic E-state index is 16.2. The van der Waals surface area contributed by atoms with Crippen molar-refractivity contribution in [3.05, 3.63) is 72.8 Å². The summed E-state index contributed by atoms with van der Waals surface area (Å²) >= 11 is 0. The van der Waals surface area contributed by atoms with E-state index in [-0.39, 0.29) is 6.42 Å². The highest BCUT2D eigenvalue weighted by Crippen LogP contribution is 2.50. The molecular weight excluding hydrogens is 399 g/mol. The number of alkyl halides is 1. The van der Waals surface area contributed by atoms with Gasteiger partial charge in [0.1, 0.15) is 11.5 Å². The first kappa shape index (κ1) is 20.8. The lowest BCUT2D eigenvalue weighted by Gasteiger charge is -2.26. The molecule has 1 unspecified atom stereocenters. The Kier molecular flexibility index (Phi) is 5.50. The predicted octanol–water partition coefficient (Wildman–Crippen LogP) is 8.66. The fourth-order valence-electron chi connectivity index (χ4n) is 4.94. The molecule has 4 aromatic carbocycles. The lowest BCUT2D eigenvalue weighted by atomic mass is 9.92. The summed E-state index contributed by atoms with van der Waals surface area (Å²) in [6.07, 6.45) is 4.17. The Morgan fingerprint density at radius 3 is 1.81 bits per heavy atom. The van der Waals surface area contributed by atoms with Crippen molar-refractivity contribution in [2.24, 2.45) is 5.92 Å². The van der Waals surface area contributed by atoms with Crippen LogP contribution in [0.2, 0.25) is 0 Å². The number of hydrogen-bond donors (Lipinski definition) is 0. The smallest absolute Gasteiger partial charge is 0.407 e. The van der Waals surface area contributed by atoms with Crippen LogP contribution >= 0.6 is 0 Å². The second-order valence-electron chi connectivity index (χ2n) is 8.97. The number of hydrogen-bond acceptors (Lipinski definition) is 2. The predicted molar refractivity (Wildman–Crippen MR) is 130 cm³/mol. The van der Waals surface area contributed by atoms with Gasteiger partial charge in [-0.2, -0.15) is 4.39 Å². The van der Waals surface area contributed by atoms with Gasteiger partial charge in [-0.25, -0.2) is 0 Å². The third-order valence-corrected chi connectivity index (χ3v) is 6.51. The minimum Gasteiger partial charge on any atom is -0.426 e. The van der Waals surface area contributed by atoms with Crippen molar-refractivity contribution in [1.82, 2.24) is 0 Å². The number of fused-ring (bicyclic) bond motifs is 7. The molecule has 0 fully saturated rings. The second-order valence-corrected chi connectivity index (χ2v) is 8.97. The molecule has 0 radical (unpaired) electrons. The van der Waals surface area contributed by atoms with Gasteiger partial charge in [0.2, 0.25) is 0 Å². The van der Waals surface area contributed by atoms with E-state index in [0.29, 0.717) is 23.8 Å². The van der Waals surface area contributed by atoms with E-state index in [2.05, 4.69) is 38.1 Å². The van der Waals surface area contributed by atoms with Crippen molar-refractivity contribution in [3.8, 4) is 22.6 Å². The maximum atomic E-state index is 16.2. The molecule has 1 heterocycles. The molecule has 5 rings (SSSR count). The molecule has 4 aromatic rings. The van der Waals surface area contributed by atoms with Crippen LogP contribution in [0.4, 0.5) is 4.39 Å². The van der Waals surface area contributed by atoms with E-state index < -0.39 is 6.04 Å². The van der Waals surface area contributed by atoms with E-state index in [1.807, 2.05) is 48.5 Å². The van der Waals surface area contributed by atoms with E-state index in [1.165, 1.54) is 0 Å². The Bertz CT molecular complexity index is 1180. The van der Waals surface area contributed by atoms with Crippen LogP contribution in [-0.4, -0.2) is 6.04 Å². The van der Waals surface area contributed by atoms with Gasteiger partial charge in [-0.3, -0.25) is 0 Å². The molecule has 0 bridgehead atoms. The Morgan fingerprint density at radius 2 is 1.28 bits per heavy atom. The molecule has 0 aromatic heterocycles.